The van der Waals surface area contributed by atoms with Crippen LogP contribution in [0.3, 0.4) is 0 Å². The van der Waals surface area contributed by atoms with Crippen LogP contribution in [0.5, 0.6) is 0 Å². The van der Waals surface area contributed by atoms with E-state index in [1.807, 2.05) is 37.3 Å². The Balaban J connectivity index is 1.60. The number of para-hydroxylation sites is 1. The third-order valence-electron chi connectivity index (χ3n) is 5.91. The quantitative estimate of drug-likeness (QED) is 0.242. The first-order chi connectivity index (χ1) is 18.7. The van der Waals surface area contributed by atoms with Crippen LogP contribution in [0, 0.1) is 0 Å². The van der Waals surface area contributed by atoms with Gasteiger partial charge in [0.1, 0.15) is 6.54 Å². The van der Waals surface area contributed by atoms with Crippen LogP contribution in [0.2, 0.25) is 10.0 Å². The molecule has 0 heterocycles. The highest BCUT2D eigenvalue weighted by atomic mass is 35.5. The standard InChI is InChI=1S/C29H25Cl2N3O4S/c1-20(21-11-4-2-5-12-21)32-29(36)23-15-8-9-17-25(23)33-27(35)19-34(26-18-10-16-24(30)28(26)31)39(37,38)22-13-6-3-7-14-22/h2-18,20H,19H2,1H3,(H,32,36)(H,33,35)/t20-/m0/s1. The van der Waals surface area contributed by atoms with Crippen LogP contribution in [-0.4, -0.2) is 26.8 Å². The minimum absolute atomic E-state index is 0.0128. The Morgan fingerprint density at radius 2 is 1.44 bits per heavy atom. The van der Waals surface area contributed by atoms with E-state index < -0.39 is 28.4 Å². The van der Waals surface area contributed by atoms with E-state index in [2.05, 4.69) is 10.6 Å². The van der Waals surface area contributed by atoms with Crippen LogP contribution in [0.1, 0.15) is 28.9 Å². The minimum Gasteiger partial charge on any atom is -0.345 e. The highest BCUT2D eigenvalue weighted by molar-refractivity contribution is 7.92. The number of amides is 2. The second-order valence-electron chi connectivity index (χ2n) is 8.60. The average molecular weight is 583 g/mol. The number of hydrogen-bond donors (Lipinski definition) is 2. The molecular formula is C29H25Cl2N3O4S. The summed E-state index contributed by atoms with van der Waals surface area (Å²) in [5.41, 5.74) is 1.43. The van der Waals surface area contributed by atoms with Crippen molar-refractivity contribution in [3.63, 3.8) is 0 Å². The Labute approximate surface area is 237 Å². The van der Waals surface area contributed by atoms with E-state index >= 15 is 0 Å². The largest absolute Gasteiger partial charge is 0.345 e. The molecule has 1 atom stereocenters. The number of sulfonamides is 1. The lowest BCUT2D eigenvalue weighted by Gasteiger charge is -2.25. The number of carbonyl (C=O) groups is 2. The fourth-order valence-corrected chi connectivity index (χ4v) is 5.82. The molecule has 0 aliphatic carbocycles. The number of carbonyl (C=O) groups excluding carboxylic acids is 2. The molecule has 4 aromatic rings. The Bertz CT molecular complexity index is 1580. The third kappa shape index (κ3) is 6.60. The van der Waals surface area contributed by atoms with Gasteiger partial charge in [0.05, 0.1) is 37.9 Å². The zero-order chi connectivity index (χ0) is 28.0. The van der Waals surface area contributed by atoms with Crippen molar-refractivity contribution in [2.75, 3.05) is 16.2 Å². The summed E-state index contributed by atoms with van der Waals surface area (Å²) in [4.78, 5) is 26.3. The molecule has 0 aromatic heterocycles. The average Bonchev–Trinajstić information content (AvgIpc) is 2.94. The monoisotopic (exact) mass is 581 g/mol. The van der Waals surface area contributed by atoms with Crippen LogP contribution >= 0.6 is 23.2 Å². The Hall–Kier alpha value is -3.85. The maximum atomic E-state index is 13.6. The smallest absolute Gasteiger partial charge is 0.264 e. The summed E-state index contributed by atoms with van der Waals surface area (Å²) < 4.78 is 28.1. The molecule has 2 N–H and O–H groups in total. The molecule has 0 saturated heterocycles. The Morgan fingerprint density at radius 1 is 0.821 bits per heavy atom. The molecule has 0 unspecified atom stereocenters. The van der Waals surface area contributed by atoms with Crippen molar-refractivity contribution in [1.29, 1.82) is 0 Å². The van der Waals surface area contributed by atoms with Gasteiger partial charge in [-0.15, -0.1) is 0 Å². The lowest BCUT2D eigenvalue weighted by molar-refractivity contribution is -0.114. The van der Waals surface area contributed by atoms with E-state index in [1.165, 1.54) is 24.3 Å². The number of nitrogens with one attached hydrogen (secondary N) is 2. The lowest BCUT2D eigenvalue weighted by atomic mass is 10.1. The van der Waals surface area contributed by atoms with Crippen molar-refractivity contribution in [1.82, 2.24) is 5.32 Å². The predicted molar refractivity (Wildman–Crippen MR) is 155 cm³/mol. The van der Waals surface area contributed by atoms with Crippen molar-refractivity contribution in [2.45, 2.75) is 17.9 Å². The Morgan fingerprint density at radius 3 is 2.13 bits per heavy atom. The zero-order valence-electron chi connectivity index (χ0n) is 20.8. The maximum absolute atomic E-state index is 13.6. The summed E-state index contributed by atoms with van der Waals surface area (Å²) in [6.07, 6.45) is 0. The van der Waals surface area contributed by atoms with Gasteiger partial charge in [-0.1, -0.05) is 89.9 Å². The van der Waals surface area contributed by atoms with Gasteiger partial charge in [-0.2, -0.15) is 0 Å². The molecule has 0 aliphatic heterocycles. The summed E-state index contributed by atoms with van der Waals surface area (Å²) >= 11 is 12.5. The molecule has 0 aliphatic rings. The van der Waals surface area contributed by atoms with Crippen molar-refractivity contribution in [3.05, 3.63) is 124 Å². The molecule has 10 heteroatoms. The first-order valence-corrected chi connectivity index (χ1v) is 14.1. The van der Waals surface area contributed by atoms with Gasteiger partial charge >= 0.3 is 0 Å². The number of hydrogen-bond acceptors (Lipinski definition) is 4. The van der Waals surface area contributed by atoms with Gasteiger partial charge in [-0.25, -0.2) is 8.42 Å². The molecule has 0 radical (unpaired) electrons. The van der Waals surface area contributed by atoms with E-state index in [0.717, 1.165) is 9.87 Å². The molecule has 4 rings (SSSR count). The van der Waals surface area contributed by atoms with Crippen molar-refractivity contribution < 1.29 is 18.0 Å². The number of anilines is 2. The van der Waals surface area contributed by atoms with Gasteiger partial charge in [0.15, 0.2) is 0 Å². The fraction of sp³-hybridized carbons (Fsp3) is 0.103. The second-order valence-corrected chi connectivity index (χ2v) is 11.2. The van der Waals surface area contributed by atoms with E-state index in [4.69, 9.17) is 23.2 Å². The van der Waals surface area contributed by atoms with Crippen molar-refractivity contribution in [3.8, 4) is 0 Å². The second kappa shape index (κ2) is 12.3. The van der Waals surface area contributed by atoms with Crippen LogP contribution in [0.15, 0.2) is 108 Å². The van der Waals surface area contributed by atoms with Crippen molar-refractivity contribution >= 4 is 56.4 Å². The zero-order valence-corrected chi connectivity index (χ0v) is 23.2. The fourth-order valence-electron chi connectivity index (χ4n) is 3.91. The van der Waals surface area contributed by atoms with Gasteiger partial charge in [0.25, 0.3) is 15.9 Å². The summed E-state index contributed by atoms with van der Waals surface area (Å²) in [6, 6.07) is 27.9. The highest BCUT2D eigenvalue weighted by Gasteiger charge is 2.29. The minimum atomic E-state index is -4.20. The van der Waals surface area contributed by atoms with Gasteiger partial charge < -0.3 is 10.6 Å². The van der Waals surface area contributed by atoms with Crippen molar-refractivity contribution in [2.24, 2.45) is 0 Å². The van der Waals surface area contributed by atoms with Gasteiger partial charge in [0, 0.05) is 0 Å². The Kier molecular flexibility index (Phi) is 8.91. The summed E-state index contributed by atoms with van der Waals surface area (Å²) in [5.74, 6) is -1.07. The van der Waals surface area contributed by atoms with E-state index in [0.29, 0.717) is 0 Å². The van der Waals surface area contributed by atoms with Crippen LogP contribution in [0.25, 0.3) is 0 Å². The molecule has 4 aromatic carbocycles. The highest BCUT2D eigenvalue weighted by Crippen LogP contribution is 2.35. The summed E-state index contributed by atoms with van der Waals surface area (Å²) in [7, 11) is -4.20. The van der Waals surface area contributed by atoms with E-state index in [9.17, 15) is 18.0 Å². The topological polar surface area (TPSA) is 95.6 Å². The number of nitrogens with zero attached hydrogens (tertiary/aromatic N) is 1. The van der Waals surface area contributed by atoms with Crippen LogP contribution < -0.4 is 14.9 Å². The first-order valence-electron chi connectivity index (χ1n) is 11.9. The summed E-state index contributed by atoms with van der Waals surface area (Å²) in [6.45, 7) is 1.24. The molecule has 39 heavy (non-hydrogen) atoms. The first kappa shape index (κ1) is 28.2. The van der Waals surface area contributed by atoms with Crippen LogP contribution in [0.4, 0.5) is 11.4 Å². The SMILES string of the molecule is C[C@H](NC(=O)c1ccccc1NC(=O)CN(c1cccc(Cl)c1Cl)S(=O)(=O)c1ccccc1)c1ccccc1. The predicted octanol–water partition coefficient (Wildman–Crippen LogP) is 6.32. The van der Waals surface area contributed by atoms with E-state index in [-0.39, 0.29) is 37.9 Å². The molecular weight excluding hydrogens is 557 g/mol. The molecule has 0 bridgehead atoms. The molecule has 0 saturated carbocycles. The number of rotatable bonds is 9. The molecule has 0 spiro atoms. The van der Waals surface area contributed by atoms with E-state index in [1.54, 1.807) is 48.5 Å². The molecule has 0 fully saturated rings. The normalized spacial score (nSPS) is 11.9. The number of benzene rings is 4. The van der Waals surface area contributed by atoms with Crippen LogP contribution in [-0.2, 0) is 14.8 Å². The maximum Gasteiger partial charge on any atom is 0.264 e. The van der Waals surface area contributed by atoms with Gasteiger partial charge in [0.2, 0.25) is 5.91 Å². The summed E-state index contributed by atoms with van der Waals surface area (Å²) in [5, 5.41) is 5.73. The molecule has 2 amide bonds. The van der Waals surface area contributed by atoms with Gasteiger partial charge in [-0.05, 0) is 48.9 Å². The lowest BCUT2D eigenvalue weighted by Crippen LogP contribution is -2.38. The number of halogens is 2. The molecule has 7 nitrogen and oxygen atoms in total. The van der Waals surface area contributed by atoms with Gasteiger partial charge in [-0.3, -0.25) is 13.9 Å². The third-order valence-corrected chi connectivity index (χ3v) is 8.49. The molecule has 200 valence electrons.